The summed E-state index contributed by atoms with van der Waals surface area (Å²) >= 11 is 7.87. The molecule has 1 saturated carbocycles. The molecule has 2 N–H and O–H groups in total. The zero-order valence-electron chi connectivity index (χ0n) is 10.0. The van der Waals surface area contributed by atoms with Crippen LogP contribution in [-0.4, -0.2) is 0 Å². The maximum absolute atomic E-state index is 6.42. The van der Waals surface area contributed by atoms with Gasteiger partial charge < -0.3 is 5.73 Å². The quantitative estimate of drug-likeness (QED) is 0.822. The summed E-state index contributed by atoms with van der Waals surface area (Å²) in [6.45, 7) is 4.69. The van der Waals surface area contributed by atoms with Gasteiger partial charge >= 0.3 is 0 Å². The minimum absolute atomic E-state index is 0.114. The van der Waals surface area contributed by atoms with Gasteiger partial charge in [-0.15, -0.1) is 11.3 Å². The number of halogens is 1. The van der Waals surface area contributed by atoms with Crippen molar-refractivity contribution >= 4 is 22.9 Å². The Morgan fingerprint density at radius 1 is 1.50 bits per heavy atom. The minimum atomic E-state index is 0.114. The van der Waals surface area contributed by atoms with E-state index in [4.69, 9.17) is 17.3 Å². The molecule has 0 radical (unpaired) electrons. The molecule has 16 heavy (non-hydrogen) atoms. The van der Waals surface area contributed by atoms with Crippen LogP contribution in [0.1, 0.15) is 50.4 Å². The number of thiophene rings is 1. The first kappa shape index (κ1) is 12.4. The molecule has 1 fully saturated rings. The Morgan fingerprint density at radius 3 is 2.81 bits per heavy atom. The summed E-state index contributed by atoms with van der Waals surface area (Å²) < 4.78 is 0. The third-order valence-electron chi connectivity index (χ3n) is 3.97. The molecule has 3 heteroatoms. The van der Waals surface area contributed by atoms with Crippen molar-refractivity contribution in [2.45, 2.75) is 45.6 Å². The molecule has 2 unspecified atom stereocenters. The van der Waals surface area contributed by atoms with Gasteiger partial charge in [0.1, 0.15) is 0 Å². The highest BCUT2D eigenvalue weighted by atomic mass is 35.5. The van der Waals surface area contributed by atoms with Gasteiger partial charge in [-0.3, -0.25) is 0 Å². The number of nitrogens with two attached hydrogens (primary N) is 1. The topological polar surface area (TPSA) is 26.0 Å². The standard InChI is InChI=1S/C13H20ClNS/c1-13(2)7-4-3-5-9(13)11(15)12-10(14)6-8-16-12/h6,8-9,11H,3-5,7,15H2,1-2H3. The average molecular weight is 258 g/mol. The summed E-state index contributed by atoms with van der Waals surface area (Å²) in [5, 5.41) is 2.88. The smallest absolute Gasteiger partial charge is 0.0561 e. The Bertz CT molecular complexity index is 359. The van der Waals surface area contributed by atoms with Crippen LogP contribution in [0, 0.1) is 11.3 Å². The van der Waals surface area contributed by atoms with Crippen LogP contribution in [0.25, 0.3) is 0 Å². The highest BCUT2D eigenvalue weighted by Crippen LogP contribution is 2.47. The van der Waals surface area contributed by atoms with Gasteiger partial charge in [-0.2, -0.15) is 0 Å². The molecule has 0 bridgehead atoms. The van der Waals surface area contributed by atoms with E-state index in [9.17, 15) is 0 Å². The predicted octanol–water partition coefficient (Wildman–Crippen LogP) is 4.62. The van der Waals surface area contributed by atoms with Crippen LogP contribution in [-0.2, 0) is 0 Å². The zero-order valence-corrected chi connectivity index (χ0v) is 11.6. The van der Waals surface area contributed by atoms with Crippen molar-refractivity contribution in [1.29, 1.82) is 0 Å². The SMILES string of the molecule is CC1(C)CCCCC1C(N)c1sccc1Cl. The Hall–Kier alpha value is -0.0500. The van der Waals surface area contributed by atoms with Gasteiger partial charge in [-0.05, 0) is 35.6 Å². The number of hydrogen-bond donors (Lipinski definition) is 1. The van der Waals surface area contributed by atoms with E-state index in [1.54, 1.807) is 11.3 Å². The Labute approximate surface area is 107 Å². The highest BCUT2D eigenvalue weighted by molar-refractivity contribution is 7.10. The van der Waals surface area contributed by atoms with Gasteiger partial charge in [0.15, 0.2) is 0 Å². The van der Waals surface area contributed by atoms with Gasteiger partial charge in [0.2, 0.25) is 0 Å². The van der Waals surface area contributed by atoms with Gasteiger partial charge in [-0.25, -0.2) is 0 Å². The average Bonchev–Trinajstić information content (AvgIpc) is 2.63. The second-order valence-electron chi connectivity index (χ2n) is 5.50. The third kappa shape index (κ3) is 2.29. The summed E-state index contributed by atoms with van der Waals surface area (Å²) in [7, 11) is 0. The predicted molar refractivity (Wildman–Crippen MR) is 72.0 cm³/mol. The fraction of sp³-hybridized carbons (Fsp3) is 0.692. The summed E-state index contributed by atoms with van der Waals surface area (Å²) in [6, 6.07) is 2.07. The summed E-state index contributed by atoms with van der Waals surface area (Å²) in [5.74, 6) is 0.567. The third-order valence-corrected chi connectivity index (χ3v) is 5.43. The van der Waals surface area contributed by atoms with E-state index in [2.05, 4.69) is 13.8 Å². The van der Waals surface area contributed by atoms with E-state index in [1.165, 1.54) is 30.6 Å². The first-order chi connectivity index (χ1) is 7.52. The van der Waals surface area contributed by atoms with E-state index in [0.29, 0.717) is 11.3 Å². The zero-order chi connectivity index (χ0) is 11.8. The van der Waals surface area contributed by atoms with Crippen LogP contribution in [0.5, 0.6) is 0 Å². The van der Waals surface area contributed by atoms with Crippen LogP contribution >= 0.6 is 22.9 Å². The molecule has 0 aliphatic heterocycles. The van der Waals surface area contributed by atoms with Crippen molar-refractivity contribution in [3.8, 4) is 0 Å². The molecule has 1 aliphatic rings. The Kier molecular flexibility index (Phi) is 3.62. The molecular formula is C13H20ClNS. The summed E-state index contributed by atoms with van der Waals surface area (Å²) in [4.78, 5) is 1.17. The molecule has 2 atom stereocenters. The second-order valence-corrected chi connectivity index (χ2v) is 6.85. The molecule has 0 aromatic carbocycles. The van der Waals surface area contributed by atoms with Crippen molar-refractivity contribution in [3.63, 3.8) is 0 Å². The van der Waals surface area contributed by atoms with Gasteiger partial charge in [0.25, 0.3) is 0 Å². The molecule has 0 spiro atoms. The fourth-order valence-corrected chi connectivity index (χ4v) is 4.16. The fourth-order valence-electron chi connectivity index (χ4n) is 2.91. The molecule has 1 aromatic heterocycles. The molecule has 90 valence electrons. The normalized spacial score (nSPS) is 26.6. The lowest BCUT2D eigenvalue weighted by molar-refractivity contribution is 0.114. The summed E-state index contributed by atoms with van der Waals surface area (Å²) in [6.07, 6.45) is 5.18. The molecule has 2 rings (SSSR count). The van der Waals surface area contributed by atoms with Gasteiger partial charge in [0.05, 0.1) is 5.02 Å². The van der Waals surface area contributed by atoms with Crippen LogP contribution in [0.15, 0.2) is 11.4 Å². The van der Waals surface area contributed by atoms with Crippen molar-refractivity contribution in [3.05, 3.63) is 21.3 Å². The van der Waals surface area contributed by atoms with Crippen LogP contribution < -0.4 is 5.73 Å². The number of hydrogen-bond acceptors (Lipinski definition) is 2. The molecule has 1 heterocycles. The van der Waals surface area contributed by atoms with E-state index < -0.39 is 0 Å². The lowest BCUT2D eigenvalue weighted by Crippen LogP contribution is -2.36. The monoisotopic (exact) mass is 257 g/mol. The van der Waals surface area contributed by atoms with E-state index in [-0.39, 0.29) is 6.04 Å². The molecule has 1 aliphatic carbocycles. The van der Waals surface area contributed by atoms with Gasteiger partial charge in [-0.1, -0.05) is 38.3 Å². The highest BCUT2D eigenvalue weighted by Gasteiger charge is 2.37. The second kappa shape index (κ2) is 4.67. The first-order valence-corrected chi connectivity index (χ1v) is 7.26. The van der Waals surface area contributed by atoms with Crippen molar-refractivity contribution in [1.82, 2.24) is 0 Å². The Balaban J connectivity index is 2.20. The van der Waals surface area contributed by atoms with Crippen molar-refractivity contribution in [2.24, 2.45) is 17.1 Å². The first-order valence-electron chi connectivity index (χ1n) is 6.01. The van der Waals surface area contributed by atoms with Gasteiger partial charge in [0, 0.05) is 10.9 Å². The molecule has 0 amide bonds. The molecule has 0 saturated heterocycles. The Morgan fingerprint density at radius 2 is 2.25 bits per heavy atom. The van der Waals surface area contributed by atoms with Crippen molar-refractivity contribution in [2.75, 3.05) is 0 Å². The lowest BCUT2D eigenvalue weighted by Gasteiger charge is -2.41. The van der Waals surface area contributed by atoms with Crippen LogP contribution in [0.4, 0.5) is 0 Å². The maximum Gasteiger partial charge on any atom is 0.0561 e. The molecule has 1 aromatic rings. The van der Waals surface area contributed by atoms with Crippen LogP contribution in [0.3, 0.4) is 0 Å². The van der Waals surface area contributed by atoms with Crippen molar-refractivity contribution < 1.29 is 0 Å². The molecule has 1 nitrogen and oxygen atoms in total. The van der Waals surface area contributed by atoms with E-state index in [0.717, 1.165) is 5.02 Å². The van der Waals surface area contributed by atoms with E-state index in [1.807, 2.05) is 11.4 Å². The van der Waals surface area contributed by atoms with Crippen LogP contribution in [0.2, 0.25) is 5.02 Å². The largest absolute Gasteiger partial charge is 0.323 e. The number of rotatable bonds is 2. The molecular weight excluding hydrogens is 238 g/mol. The van der Waals surface area contributed by atoms with E-state index >= 15 is 0 Å². The minimum Gasteiger partial charge on any atom is -0.323 e. The summed E-state index contributed by atoms with van der Waals surface area (Å²) in [5.41, 5.74) is 6.77. The maximum atomic E-state index is 6.42. The lowest BCUT2D eigenvalue weighted by atomic mass is 9.66.